The summed E-state index contributed by atoms with van der Waals surface area (Å²) in [5.74, 6) is 0.751. The minimum absolute atomic E-state index is 0. The molecule has 0 fully saturated rings. The Morgan fingerprint density at radius 3 is 2.24 bits per heavy atom. The molecule has 0 heterocycles. The first kappa shape index (κ1) is 25.2. The van der Waals surface area contributed by atoms with E-state index < -0.39 is 9.84 Å². The molecule has 0 bridgehead atoms. The van der Waals surface area contributed by atoms with Gasteiger partial charge in [-0.1, -0.05) is 30.3 Å². The fraction of sp³-hybridized carbons (Fsp3) is 0.381. The van der Waals surface area contributed by atoms with E-state index in [4.69, 9.17) is 0 Å². The molecule has 0 aliphatic rings. The maximum Gasteiger partial charge on any atom is 0.191 e. The van der Waals surface area contributed by atoms with Gasteiger partial charge in [-0.25, -0.2) is 8.42 Å². The second-order valence-corrected chi connectivity index (χ2v) is 8.86. The molecule has 29 heavy (non-hydrogen) atoms. The number of hydrogen-bond acceptors (Lipinski definition) is 4. The van der Waals surface area contributed by atoms with E-state index in [1.54, 1.807) is 19.2 Å². The smallest absolute Gasteiger partial charge is 0.191 e. The van der Waals surface area contributed by atoms with Crippen LogP contribution in [0.15, 0.2) is 64.5 Å². The first-order valence-corrected chi connectivity index (χ1v) is 11.2. The van der Waals surface area contributed by atoms with Gasteiger partial charge in [0.25, 0.3) is 0 Å². The van der Waals surface area contributed by atoms with Crippen LogP contribution in [0.3, 0.4) is 0 Å². The van der Waals surface area contributed by atoms with Crippen LogP contribution in [0.1, 0.15) is 12.5 Å². The Morgan fingerprint density at radius 2 is 1.69 bits per heavy atom. The van der Waals surface area contributed by atoms with Gasteiger partial charge in [0.05, 0.1) is 4.90 Å². The zero-order valence-electron chi connectivity index (χ0n) is 17.4. The third-order valence-corrected chi connectivity index (χ3v) is 5.80. The molecule has 6 nitrogen and oxygen atoms in total. The highest BCUT2D eigenvalue weighted by Gasteiger charge is 2.10. The van der Waals surface area contributed by atoms with E-state index in [1.807, 2.05) is 30.3 Å². The Labute approximate surface area is 191 Å². The molecule has 0 aliphatic carbocycles. The van der Waals surface area contributed by atoms with E-state index in [1.165, 1.54) is 11.9 Å². The van der Waals surface area contributed by atoms with Gasteiger partial charge in [-0.2, -0.15) is 0 Å². The standard InChI is InChI=1S/C21H30N4O2S.HI/c1-17(25(3)19-8-6-5-7-9-19)16-24-21(22-2)23-15-14-18-10-12-20(13-11-18)28(4,26)27;/h5-13,17H,14-16H2,1-4H3,(H2,22,23,24);1H. The summed E-state index contributed by atoms with van der Waals surface area (Å²) in [6.45, 7) is 3.63. The number of aliphatic imine (C=N–C) groups is 1. The third-order valence-electron chi connectivity index (χ3n) is 4.67. The predicted molar refractivity (Wildman–Crippen MR) is 132 cm³/mol. The molecule has 0 aromatic heterocycles. The van der Waals surface area contributed by atoms with E-state index in [2.05, 4.69) is 46.6 Å². The number of benzene rings is 2. The number of halogens is 1. The molecule has 2 rings (SSSR count). The van der Waals surface area contributed by atoms with Crippen molar-refractivity contribution in [3.05, 3.63) is 60.2 Å². The molecule has 0 saturated heterocycles. The van der Waals surface area contributed by atoms with Crippen molar-refractivity contribution in [1.82, 2.24) is 10.6 Å². The molecule has 0 spiro atoms. The summed E-state index contributed by atoms with van der Waals surface area (Å²) in [5.41, 5.74) is 2.25. The fourth-order valence-corrected chi connectivity index (χ4v) is 3.38. The quantitative estimate of drug-likeness (QED) is 0.312. The van der Waals surface area contributed by atoms with E-state index in [-0.39, 0.29) is 24.0 Å². The Hall–Kier alpha value is -1.81. The summed E-state index contributed by atoms with van der Waals surface area (Å²) >= 11 is 0. The molecule has 0 aliphatic heterocycles. The van der Waals surface area contributed by atoms with Crippen molar-refractivity contribution in [2.45, 2.75) is 24.3 Å². The molecule has 0 saturated carbocycles. The largest absolute Gasteiger partial charge is 0.370 e. The number of hydrogen-bond donors (Lipinski definition) is 2. The average molecular weight is 530 g/mol. The first-order chi connectivity index (χ1) is 13.3. The number of likely N-dealkylation sites (N-methyl/N-ethyl adjacent to an activating group) is 1. The number of guanidine groups is 1. The summed E-state index contributed by atoms with van der Waals surface area (Å²) in [5, 5.41) is 6.65. The first-order valence-electron chi connectivity index (χ1n) is 9.32. The number of anilines is 1. The maximum atomic E-state index is 11.5. The molecular formula is C21H31IN4O2S. The molecular weight excluding hydrogens is 499 g/mol. The highest BCUT2D eigenvalue weighted by Crippen LogP contribution is 2.13. The number of sulfone groups is 1. The zero-order chi connectivity index (χ0) is 20.6. The second kappa shape index (κ2) is 12.0. The lowest BCUT2D eigenvalue weighted by molar-refractivity contribution is 0.602. The zero-order valence-corrected chi connectivity index (χ0v) is 20.6. The molecule has 1 atom stereocenters. The summed E-state index contributed by atoms with van der Waals surface area (Å²) in [6.07, 6.45) is 2.00. The van der Waals surface area contributed by atoms with Crippen molar-refractivity contribution in [2.75, 3.05) is 38.3 Å². The maximum absolute atomic E-state index is 11.5. The normalized spacial score (nSPS) is 12.6. The lowest BCUT2D eigenvalue weighted by Crippen LogP contribution is -2.45. The SMILES string of the molecule is CN=C(NCCc1ccc(S(C)(=O)=O)cc1)NCC(C)N(C)c1ccccc1.I. The number of nitrogens with zero attached hydrogens (tertiary/aromatic N) is 2. The van der Waals surface area contributed by atoms with Gasteiger partial charge < -0.3 is 15.5 Å². The topological polar surface area (TPSA) is 73.8 Å². The van der Waals surface area contributed by atoms with Crippen molar-refractivity contribution in [3.8, 4) is 0 Å². The number of para-hydroxylation sites is 1. The monoisotopic (exact) mass is 530 g/mol. The molecule has 2 N–H and O–H groups in total. The van der Waals surface area contributed by atoms with Crippen molar-refractivity contribution < 1.29 is 8.42 Å². The lowest BCUT2D eigenvalue weighted by Gasteiger charge is -2.27. The van der Waals surface area contributed by atoms with Crippen molar-refractivity contribution in [2.24, 2.45) is 4.99 Å². The number of rotatable bonds is 8. The van der Waals surface area contributed by atoms with Crippen LogP contribution < -0.4 is 15.5 Å². The van der Waals surface area contributed by atoms with Gasteiger partial charge in [0, 0.05) is 45.2 Å². The van der Waals surface area contributed by atoms with Crippen LogP contribution in [0.25, 0.3) is 0 Å². The Kier molecular flexibility index (Phi) is 10.5. The molecule has 0 amide bonds. The third kappa shape index (κ3) is 8.22. The van der Waals surface area contributed by atoms with Crippen LogP contribution in [0.2, 0.25) is 0 Å². The molecule has 8 heteroatoms. The van der Waals surface area contributed by atoms with Crippen LogP contribution in [-0.2, 0) is 16.3 Å². The molecule has 1 unspecified atom stereocenters. The van der Waals surface area contributed by atoms with Crippen LogP contribution >= 0.6 is 24.0 Å². The summed E-state index contributed by atoms with van der Waals surface area (Å²) in [7, 11) is 0.684. The van der Waals surface area contributed by atoms with E-state index >= 15 is 0 Å². The van der Waals surface area contributed by atoms with Crippen molar-refractivity contribution in [1.29, 1.82) is 0 Å². The van der Waals surface area contributed by atoms with Gasteiger partial charge in [0.1, 0.15) is 0 Å². The molecule has 2 aromatic carbocycles. The van der Waals surface area contributed by atoms with Crippen molar-refractivity contribution >= 4 is 45.5 Å². The lowest BCUT2D eigenvalue weighted by atomic mass is 10.1. The Balaban J connectivity index is 0.00000420. The van der Waals surface area contributed by atoms with Gasteiger partial charge >= 0.3 is 0 Å². The van der Waals surface area contributed by atoms with Gasteiger partial charge in [0.15, 0.2) is 15.8 Å². The second-order valence-electron chi connectivity index (χ2n) is 6.84. The van der Waals surface area contributed by atoms with E-state index in [9.17, 15) is 8.42 Å². The summed E-state index contributed by atoms with van der Waals surface area (Å²) in [6, 6.07) is 17.6. The molecule has 2 aromatic rings. The minimum atomic E-state index is -3.15. The molecule has 160 valence electrons. The van der Waals surface area contributed by atoms with E-state index in [0.29, 0.717) is 17.5 Å². The summed E-state index contributed by atoms with van der Waals surface area (Å²) < 4.78 is 23.0. The number of nitrogens with one attached hydrogen (secondary N) is 2. The summed E-state index contributed by atoms with van der Waals surface area (Å²) in [4.78, 5) is 6.84. The van der Waals surface area contributed by atoms with Crippen molar-refractivity contribution in [3.63, 3.8) is 0 Å². The van der Waals surface area contributed by atoms with Gasteiger partial charge in [-0.15, -0.1) is 24.0 Å². The Morgan fingerprint density at radius 1 is 1.07 bits per heavy atom. The highest BCUT2D eigenvalue weighted by atomic mass is 127. The average Bonchev–Trinajstić information content (AvgIpc) is 2.70. The molecule has 0 radical (unpaired) electrons. The predicted octanol–water partition coefficient (Wildman–Crippen LogP) is 2.94. The van der Waals surface area contributed by atoms with Crippen LogP contribution in [0, 0.1) is 0 Å². The van der Waals surface area contributed by atoms with E-state index in [0.717, 1.165) is 24.5 Å². The minimum Gasteiger partial charge on any atom is -0.370 e. The highest BCUT2D eigenvalue weighted by molar-refractivity contribution is 14.0. The van der Waals surface area contributed by atoms with Crippen LogP contribution in [0.4, 0.5) is 5.69 Å². The van der Waals surface area contributed by atoms with Crippen LogP contribution in [-0.4, -0.2) is 53.9 Å². The van der Waals surface area contributed by atoms with Gasteiger partial charge in [-0.3, -0.25) is 4.99 Å². The van der Waals surface area contributed by atoms with Gasteiger partial charge in [0.2, 0.25) is 0 Å². The fourth-order valence-electron chi connectivity index (χ4n) is 2.75. The van der Waals surface area contributed by atoms with Gasteiger partial charge in [-0.05, 0) is 43.2 Å². The Bertz CT molecular complexity index is 871. The van der Waals surface area contributed by atoms with Crippen LogP contribution in [0.5, 0.6) is 0 Å².